The summed E-state index contributed by atoms with van der Waals surface area (Å²) in [4.78, 5) is 29.9. The van der Waals surface area contributed by atoms with E-state index in [4.69, 9.17) is 4.74 Å². The molecule has 8 heteroatoms. The van der Waals surface area contributed by atoms with Crippen LogP contribution in [0.3, 0.4) is 0 Å². The van der Waals surface area contributed by atoms with Gasteiger partial charge in [0, 0.05) is 44.1 Å². The van der Waals surface area contributed by atoms with Gasteiger partial charge < -0.3 is 19.1 Å². The van der Waals surface area contributed by atoms with Crippen molar-refractivity contribution in [1.82, 2.24) is 14.4 Å². The normalized spacial score (nSPS) is 20.1. The predicted octanol–water partition coefficient (Wildman–Crippen LogP) is 6.14. The summed E-state index contributed by atoms with van der Waals surface area (Å²) in [6.45, 7) is 6.59. The molecule has 0 bridgehead atoms. The molecule has 2 aromatic heterocycles. The van der Waals surface area contributed by atoms with E-state index in [0.29, 0.717) is 36.4 Å². The van der Waals surface area contributed by atoms with Crippen molar-refractivity contribution >= 4 is 34.1 Å². The second kappa shape index (κ2) is 12.2. The minimum atomic E-state index is -0.306. The van der Waals surface area contributed by atoms with Crippen molar-refractivity contribution in [2.45, 2.75) is 38.1 Å². The van der Waals surface area contributed by atoms with Crippen LogP contribution in [0.25, 0.3) is 10.9 Å². The first-order valence-corrected chi connectivity index (χ1v) is 15.4. The molecule has 214 valence electrons. The Morgan fingerprint density at radius 2 is 1.80 bits per heavy atom. The molecule has 2 fully saturated rings. The molecule has 0 N–H and O–H groups in total. The lowest BCUT2D eigenvalue weighted by Crippen LogP contribution is -2.38. The minimum absolute atomic E-state index is 0.0563. The Balaban J connectivity index is 1.17. The maximum atomic E-state index is 14.1. The van der Waals surface area contributed by atoms with Gasteiger partial charge in [0.25, 0.3) is 5.91 Å². The van der Waals surface area contributed by atoms with Crippen LogP contribution in [0.15, 0.2) is 71.6 Å². The number of carbonyl (C=O) groups excluding carboxylic acids is 2. The number of esters is 1. The molecule has 2 aliphatic heterocycles. The monoisotopic (exact) mass is 573 g/mol. The van der Waals surface area contributed by atoms with E-state index in [-0.39, 0.29) is 24.3 Å². The van der Waals surface area contributed by atoms with Gasteiger partial charge in [-0.15, -0.1) is 0 Å². The summed E-state index contributed by atoms with van der Waals surface area (Å²) in [7, 11) is 0. The third kappa shape index (κ3) is 6.09. The number of rotatable bonds is 8. The number of amides is 1. The number of para-hydroxylation sites is 1. The Morgan fingerprint density at radius 3 is 2.54 bits per heavy atom. The number of fused-ring (bicyclic) bond motifs is 1. The molecule has 0 saturated carbocycles. The molecule has 0 spiro atoms. The van der Waals surface area contributed by atoms with E-state index in [1.807, 2.05) is 52.1 Å². The van der Waals surface area contributed by atoms with E-state index >= 15 is 0 Å². The molecule has 2 aromatic carbocycles. The highest BCUT2D eigenvalue weighted by Crippen LogP contribution is 2.37. The maximum Gasteiger partial charge on any atom is 0.302 e. The zero-order valence-electron chi connectivity index (χ0n) is 23.4. The van der Waals surface area contributed by atoms with Crippen LogP contribution in [0.5, 0.6) is 0 Å². The van der Waals surface area contributed by atoms with Gasteiger partial charge in [-0.25, -0.2) is 4.39 Å². The van der Waals surface area contributed by atoms with Gasteiger partial charge in [0.2, 0.25) is 0 Å². The molecule has 4 aromatic rings. The standard InChI is InChI=1S/C33H36FN3O3S/c1-23(38)40-17-16-36-15-11-26-3-2-4-30(32(26)36)33(39)37-20-28(31(21-37)27-12-18-41-22-27)19-35-13-9-25(10-14-35)24-5-7-29(34)8-6-24/h2-8,11-12,15,18,22,25,28,31H,9-10,13-14,16-17,19-21H2,1H3/t28-,31?/m1/s1. The van der Waals surface area contributed by atoms with Gasteiger partial charge in [0.1, 0.15) is 12.4 Å². The van der Waals surface area contributed by atoms with Crippen molar-refractivity contribution in [2.75, 3.05) is 39.3 Å². The van der Waals surface area contributed by atoms with Crippen LogP contribution >= 0.6 is 11.3 Å². The molecule has 4 heterocycles. The van der Waals surface area contributed by atoms with Crippen molar-refractivity contribution in [3.8, 4) is 0 Å². The van der Waals surface area contributed by atoms with Crippen molar-refractivity contribution < 1.29 is 18.7 Å². The van der Waals surface area contributed by atoms with E-state index in [2.05, 4.69) is 21.7 Å². The van der Waals surface area contributed by atoms with Crippen LogP contribution in [0.4, 0.5) is 4.39 Å². The number of hydrogen-bond acceptors (Lipinski definition) is 5. The van der Waals surface area contributed by atoms with Crippen LogP contribution < -0.4 is 0 Å². The first kappa shape index (κ1) is 27.7. The number of thiophene rings is 1. The van der Waals surface area contributed by atoms with E-state index < -0.39 is 0 Å². The summed E-state index contributed by atoms with van der Waals surface area (Å²) >= 11 is 1.71. The summed E-state index contributed by atoms with van der Waals surface area (Å²) in [5, 5.41) is 5.36. The fraction of sp³-hybridized carbons (Fsp3) is 0.394. The lowest BCUT2D eigenvalue weighted by Gasteiger charge is -2.34. The number of halogens is 1. The number of carbonyl (C=O) groups is 2. The van der Waals surface area contributed by atoms with Crippen molar-refractivity contribution in [1.29, 1.82) is 0 Å². The van der Waals surface area contributed by atoms with Gasteiger partial charge in [-0.2, -0.15) is 11.3 Å². The Morgan fingerprint density at radius 1 is 1.00 bits per heavy atom. The van der Waals surface area contributed by atoms with Crippen LogP contribution in [-0.2, 0) is 16.1 Å². The summed E-state index contributed by atoms with van der Waals surface area (Å²) in [6, 6.07) is 17.1. The highest BCUT2D eigenvalue weighted by Gasteiger charge is 2.38. The zero-order valence-corrected chi connectivity index (χ0v) is 24.2. The summed E-state index contributed by atoms with van der Waals surface area (Å²) < 4.78 is 20.6. The third-order valence-corrected chi connectivity index (χ3v) is 9.48. The Hall–Kier alpha value is -3.49. The lowest BCUT2D eigenvalue weighted by molar-refractivity contribution is -0.141. The highest BCUT2D eigenvalue weighted by molar-refractivity contribution is 7.08. The van der Waals surface area contributed by atoms with Crippen LogP contribution in [-0.4, -0.2) is 65.6 Å². The first-order chi connectivity index (χ1) is 20.0. The van der Waals surface area contributed by atoms with E-state index in [0.717, 1.165) is 49.9 Å². The Labute approximate surface area is 244 Å². The van der Waals surface area contributed by atoms with Gasteiger partial charge in [0.05, 0.1) is 17.6 Å². The first-order valence-electron chi connectivity index (χ1n) is 14.5. The van der Waals surface area contributed by atoms with Gasteiger partial charge in [-0.1, -0.05) is 24.3 Å². The molecular formula is C33H36FN3O3S. The fourth-order valence-corrected chi connectivity index (χ4v) is 7.40. The lowest BCUT2D eigenvalue weighted by atomic mass is 9.87. The molecule has 2 saturated heterocycles. The van der Waals surface area contributed by atoms with Gasteiger partial charge in [-0.05, 0) is 90.0 Å². The van der Waals surface area contributed by atoms with Crippen molar-refractivity contribution in [3.05, 3.63) is 94.1 Å². The second-order valence-electron chi connectivity index (χ2n) is 11.4. The number of nitrogens with zero attached hydrogens (tertiary/aromatic N) is 3. The van der Waals surface area contributed by atoms with Crippen molar-refractivity contribution in [3.63, 3.8) is 0 Å². The molecule has 0 radical (unpaired) electrons. The van der Waals surface area contributed by atoms with E-state index in [1.54, 1.807) is 23.5 Å². The minimum Gasteiger partial charge on any atom is -0.464 e. The number of piperidine rings is 1. The number of likely N-dealkylation sites (tertiary alicyclic amines) is 2. The number of ether oxygens (including phenoxy) is 1. The SMILES string of the molecule is CC(=O)OCCn1ccc2cccc(C(=O)N3CC(c4ccsc4)[C@H](CN4CCC(c5ccc(F)cc5)CC4)C3)c21. The number of hydrogen-bond donors (Lipinski definition) is 0. The molecule has 1 amide bonds. The summed E-state index contributed by atoms with van der Waals surface area (Å²) in [6.07, 6.45) is 4.09. The van der Waals surface area contributed by atoms with Gasteiger partial charge in [0.15, 0.2) is 0 Å². The molecule has 6 rings (SSSR count). The smallest absolute Gasteiger partial charge is 0.302 e. The van der Waals surface area contributed by atoms with Crippen LogP contribution in [0.1, 0.15) is 53.1 Å². The third-order valence-electron chi connectivity index (χ3n) is 8.78. The van der Waals surface area contributed by atoms with Crippen LogP contribution in [0, 0.1) is 11.7 Å². The summed E-state index contributed by atoms with van der Waals surface area (Å²) in [5.41, 5.74) is 4.13. The average Bonchev–Trinajstić information content (AvgIpc) is 3.74. The molecule has 0 aliphatic carbocycles. The summed E-state index contributed by atoms with van der Waals surface area (Å²) in [5.74, 6) is 0.692. The number of benzene rings is 2. The predicted molar refractivity (Wildman–Crippen MR) is 160 cm³/mol. The van der Waals surface area contributed by atoms with E-state index in [9.17, 15) is 14.0 Å². The molecule has 2 atom stereocenters. The van der Waals surface area contributed by atoms with Crippen LogP contribution in [0.2, 0.25) is 0 Å². The Kier molecular flexibility index (Phi) is 8.21. The fourth-order valence-electron chi connectivity index (χ4n) is 6.68. The zero-order chi connectivity index (χ0) is 28.3. The topological polar surface area (TPSA) is 54.8 Å². The largest absolute Gasteiger partial charge is 0.464 e. The van der Waals surface area contributed by atoms with E-state index in [1.165, 1.54) is 18.1 Å². The molecule has 1 unspecified atom stereocenters. The molecule has 41 heavy (non-hydrogen) atoms. The highest BCUT2D eigenvalue weighted by atomic mass is 32.1. The molecule has 6 nitrogen and oxygen atoms in total. The molecular weight excluding hydrogens is 537 g/mol. The second-order valence-corrected chi connectivity index (χ2v) is 12.1. The average molecular weight is 574 g/mol. The maximum absolute atomic E-state index is 14.1. The quantitative estimate of drug-likeness (QED) is 0.238. The number of aromatic nitrogens is 1. The molecule has 2 aliphatic rings. The van der Waals surface area contributed by atoms with Crippen molar-refractivity contribution in [2.24, 2.45) is 5.92 Å². The van der Waals surface area contributed by atoms with Gasteiger partial charge in [-0.3, -0.25) is 9.59 Å². The Bertz CT molecular complexity index is 1490. The van der Waals surface area contributed by atoms with Gasteiger partial charge >= 0.3 is 5.97 Å².